The van der Waals surface area contributed by atoms with E-state index in [1.54, 1.807) is 0 Å². The van der Waals surface area contributed by atoms with E-state index in [0.29, 0.717) is 25.9 Å². The Morgan fingerprint density at radius 1 is 1.29 bits per heavy atom. The Balaban J connectivity index is 1.64. The lowest BCUT2D eigenvalue weighted by atomic mass is 9.83. The van der Waals surface area contributed by atoms with E-state index in [1.807, 2.05) is 11.8 Å². The van der Waals surface area contributed by atoms with E-state index in [9.17, 15) is 14.7 Å². The molecular weight excluding hydrogens is 268 g/mol. The van der Waals surface area contributed by atoms with Crippen molar-refractivity contribution in [1.82, 2.24) is 10.2 Å². The lowest BCUT2D eigenvalue weighted by Gasteiger charge is -2.26. The number of nitrogens with one attached hydrogen (secondary N) is 1. The summed E-state index contributed by atoms with van der Waals surface area (Å²) in [6, 6.07) is 0. The molecule has 2 unspecified atom stereocenters. The number of aliphatic carboxylic acids is 1. The molecule has 0 bridgehead atoms. The summed E-state index contributed by atoms with van der Waals surface area (Å²) in [6.07, 6.45) is 5.34. The van der Waals surface area contributed by atoms with Gasteiger partial charge in [0.15, 0.2) is 0 Å². The van der Waals surface area contributed by atoms with Gasteiger partial charge in [0.1, 0.15) is 0 Å². The van der Waals surface area contributed by atoms with Gasteiger partial charge in [-0.25, -0.2) is 0 Å². The molecule has 3 rings (SSSR count). The number of carbonyl (C=O) groups excluding carboxylic acids is 1. The molecule has 3 aliphatic rings. The molecule has 21 heavy (non-hydrogen) atoms. The highest BCUT2D eigenvalue weighted by Gasteiger charge is 2.59. The van der Waals surface area contributed by atoms with Crippen LogP contribution in [0, 0.1) is 16.7 Å². The molecule has 5 heteroatoms. The van der Waals surface area contributed by atoms with Crippen molar-refractivity contribution < 1.29 is 14.7 Å². The van der Waals surface area contributed by atoms with E-state index in [-0.39, 0.29) is 17.2 Å². The van der Waals surface area contributed by atoms with Crippen molar-refractivity contribution in [2.24, 2.45) is 16.7 Å². The molecule has 118 valence electrons. The molecular formula is C16H26N2O3. The smallest absolute Gasteiger partial charge is 0.311 e. The van der Waals surface area contributed by atoms with E-state index in [0.717, 1.165) is 38.8 Å². The highest BCUT2D eigenvalue weighted by molar-refractivity contribution is 5.85. The van der Waals surface area contributed by atoms with Crippen LogP contribution in [0.1, 0.15) is 45.4 Å². The van der Waals surface area contributed by atoms with E-state index in [1.165, 1.54) is 0 Å². The standard InChI is InChI=1S/C16H26N2O3/c1-2-3-16(14(20)21)6-9-18(11-16)13(19)12-10-15(12)4-7-17-8-5-15/h12,17H,2-11H2,1H3,(H,20,21). The van der Waals surface area contributed by atoms with Crippen molar-refractivity contribution in [2.75, 3.05) is 26.2 Å². The van der Waals surface area contributed by atoms with Crippen LogP contribution in [0.15, 0.2) is 0 Å². The zero-order chi connectivity index (χ0) is 15.1. The highest BCUT2D eigenvalue weighted by atomic mass is 16.4. The summed E-state index contributed by atoms with van der Waals surface area (Å²) in [6.45, 7) is 5.08. The molecule has 0 aromatic heterocycles. The van der Waals surface area contributed by atoms with Crippen LogP contribution >= 0.6 is 0 Å². The maximum atomic E-state index is 12.7. The van der Waals surface area contributed by atoms with Gasteiger partial charge in [0.25, 0.3) is 0 Å². The lowest BCUT2D eigenvalue weighted by Crippen LogP contribution is -2.39. The van der Waals surface area contributed by atoms with Gasteiger partial charge in [-0.05, 0) is 50.6 Å². The summed E-state index contributed by atoms with van der Waals surface area (Å²) in [5, 5.41) is 12.9. The molecule has 1 aliphatic carbocycles. The average molecular weight is 294 g/mol. The Labute approximate surface area is 126 Å². The number of rotatable bonds is 4. The van der Waals surface area contributed by atoms with Gasteiger partial charge in [0.05, 0.1) is 5.41 Å². The van der Waals surface area contributed by atoms with Gasteiger partial charge < -0.3 is 15.3 Å². The summed E-state index contributed by atoms with van der Waals surface area (Å²) in [7, 11) is 0. The second-order valence-electron chi connectivity index (χ2n) is 7.21. The first-order chi connectivity index (χ1) is 10.0. The fraction of sp³-hybridized carbons (Fsp3) is 0.875. The Bertz CT molecular complexity index is 445. The number of likely N-dealkylation sites (tertiary alicyclic amines) is 1. The van der Waals surface area contributed by atoms with Gasteiger partial charge in [-0.2, -0.15) is 0 Å². The Kier molecular flexibility index (Phi) is 3.72. The van der Waals surface area contributed by atoms with Crippen LogP contribution in [0.25, 0.3) is 0 Å². The zero-order valence-corrected chi connectivity index (χ0v) is 12.9. The molecule has 1 saturated carbocycles. The van der Waals surface area contributed by atoms with Crippen molar-refractivity contribution >= 4 is 11.9 Å². The number of amides is 1. The molecule has 2 heterocycles. The van der Waals surface area contributed by atoms with Crippen molar-refractivity contribution in [3.63, 3.8) is 0 Å². The first kappa shape index (κ1) is 14.8. The highest BCUT2D eigenvalue weighted by Crippen LogP contribution is 2.59. The van der Waals surface area contributed by atoms with Gasteiger partial charge in [0, 0.05) is 19.0 Å². The number of carboxylic acid groups (broad SMARTS) is 1. The fourth-order valence-corrected chi connectivity index (χ4v) is 4.42. The number of piperidine rings is 1. The lowest BCUT2D eigenvalue weighted by molar-refractivity contribution is -0.149. The van der Waals surface area contributed by atoms with E-state index >= 15 is 0 Å². The number of carboxylic acids is 1. The quantitative estimate of drug-likeness (QED) is 0.824. The van der Waals surface area contributed by atoms with Gasteiger partial charge in [-0.3, -0.25) is 9.59 Å². The molecule has 5 nitrogen and oxygen atoms in total. The summed E-state index contributed by atoms with van der Waals surface area (Å²) in [4.78, 5) is 26.2. The maximum absolute atomic E-state index is 12.7. The predicted molar refractivity (Wildman–Crippen MR) is 78.8 cm³/mol. The van der Waals surface area contributed by atoms with Crippen molar-refractivity contribution in [2.45, 2.75) is 45.4 Å². The first-order valence-electron chi connectivity index (χ1n) is 8.26. The molecule has 1 spiro atoms. The van der Waals surface area contributed by atoms with E-state index in [4.69, 9.17) is 0 Å². The second kappa shape index (κ2) is 5.27. The predicted octanol–water partition coefficient (Wildman–Crippen LogP) is 1.48. The minimum absolute atomic E-state index is 0.158. The molecule has 0 radical (unpaired) electrons. The molecule has 2 N–H and O–H groups in total. The molecule has 2 saturated heterocycles. The summed E-state index contributed by atoms with van der Waals surface area (Å²) in [5.74, 6) is -0.353. The first-order valence-corrected chi connectivity index (χ1v) is 8.26. The third-order valence-corrected chi connectivity index (χ3v) is 5.93. The van der Waals surface area contributed by atoms with E-state index < -0.39 is 11.4 Å². The van der Waals surface area contributed by atoms with Gasteiger partial charge in [-0.15, -0.1) is 0 Å². The fourth-order valence-electron chi connectivity index (χ4n) is 4.42. The zero-order valence-electron chi connectivity index (χ0n) is 12.9. The Morgan fingerprint density at radius 3 is 2.62 bits per heavy atom. The third-order valence-electron chi connectivity index (χ3n) is 5.93. The van der Waals surface area contributed by atoms with Crippen LogP contribution in [0.2, 0.25) is 0 Å². The van der Waals surface area contributed by atoms with Crippen LogP contribution in [0.5, 0.6) is 0 Å². The topological polar surface area (TPSA) is 69.6 Å². The number of carbonyl (C=O) groups is 2. The summed E-state index contributed by atoms with van der Waals surface area (Å²) >= 11 is 0. The minimum Gasteiger partial charge on any atom is -0.481 e. The Morgan fingerprint density at radius 2 is 2.00 bits per heavy atom. The van der Waals surface area contributed by atoms with Crippen LogP contribution in [-0.2, 0) is 9.59 Å². The van der Waals surface area contributed by atoms with Gasteiger partial charge >= 0.3 is 5.97 Å². The largest absolute Gasteiger partial charge is 0.481 e. The van der Waals surface area contributed by atoms with Crippen LogP contribution < -0.4 is 5.32 Å². The Hall–Kier alpha value is -1.10. The third kappa shape index (κ3) is 2.45. The van der Waals surface area contributed by atoms with Gasteiger partial charge in [-0.1, -0.05) is 13.3 Å². The molecule has 0 aromatic carbocycles. The molecule has 2 atom stereocenters. The normalized spacial score (nSPS) is 34.1. The van der Waals surface area contributed by atoms with E-state index in [2.05, 4.69) is 5.32 Å². The molecule has 0 aromatic rings. The van der Waals surface area contributed by atoms with Crippen LogP contribution in [0.3, 0.4) is 0 Å². The van der Waals surface area contributed by atoms with Crippen LogP contribution in [0.4, 0.5) is 0 Å². The molecule has 2 aliphatic heterocycles. The number of hydrogen-bond donors (Lipinski definition) is 2. The van der Waals surface area contributed by atoms with Crippen molar-refractivity contribution in [3.8, 4) is 0 Å². The second-order valence-corrected chi connectivity index (χ2v) is 7.21. The minimum atomic E-state index is -0.730. The summed E-state index contributed by atoms with van der Waals surface area (Å²) in [5.41, 5.74) is -0.456. The van der Waals surface area contributed by atoms with Crippen molar-refractivity contribution in [1.29, 1.82) is 0 Å². The summed E-state index contributed by atoms with van der Waals surface area (Å²) < 4.78 is 0. The van der Waals surface area contributed by atoms with Crippen molar-refractivity contribution in [3.05, 3.63) is 0 Å². The SMILES string of the molecule is CCCC1(C(=O)O)CCN(C(=O)C2CC23CCNCC3)C1. The van der Waals surface area contributed by atoms with Crippen LogP contribution in [-0.4, -0.2) is 48.1 Å². The monoisotopic (exact) mass is 294 g/mol. The molecule has 3 fully saturated rings. The number of nitrogens with zero attached hydrogens (tertiary/aromatic N) is 1. The number of hydrogen-bond acceptors (Lipinski definition) is 3. The van der Waals surface area contributed by atoms with Gasteiger partial charge in [0.2, 0.25) is 5.91 Å². The maximum Gasteiger partial charge on any atom is 0.311 e. The molecule has 1 amide bonds. The average Bonchev–Trinajstić information content (AvgIpc) is 2.97.